The van der Waals surface area contributed by atoms with E-state index in [1.807, 2.05) is 20.8 Å². The number of hydrogen-bond donors (Lipinski definition) is 1. The zero-order valence-corrected chi connectivity index (χ0v) is 24.4. The summed E-state index contributed by atoms with van der Waals surface area (Å²) in [5.41, 5.74) is 3.65. The van der Waals surface area contributed by atoms with E-state index in [-0.39, 0.29) is 28.0 Å². The fourth-order valence-electron chi connectivity index (χ4n) is 4.98. The van der Waals surface area contributed by atoms with Gasteiger partial charge >= 0.3 is 6.18 Å². The van der Waals surface area contributed by atoms with Crippen molar-refractivity contribution in [2.24, 2.45) is 5.41 Å². The topological polar surface area (TPSA) is 42.4 Å². The van der Waals surface area contributed by atoms with Crippen molar-refractivity contribution in [1.29, 1.82) is 0 Å². The Morgan fingerprint density at radius 2 is 1.75 bits per heavy atom. The lowest BCUT2D eigenvalue weighted by atomic mass is 9.72. The van der Waals surface area contributed by atoms with Gasteiger partial charge in [-0.15, -0.1) is 0 Å². The van der Waals surface area contributed by atoms with Gasteiger partial charge in [0.25, 0.3) is 0 Å². The maximum atomic E-state index is 13.4. The lowest BCUT2D eigenvalue weighted by Crippen LogP contribution is -2.44. The summed E-state index contributed by atoms with van der Waals surface area (Å²) >= 11 is 0. The van der Waals surface area contributed by atoms with Crippen LogP contribution < -0.4 is 0 Å². The summed E-state index contributed by atoms with van der Waals surface area (Å²) in [6.45, 7) is 21.6. The van der Waals surface area contributed by atoms with E-state index in [4.69, 9.17) is 9.41 Å². The second-order valence-corrected chi connectivity index (χ2v) is 17.7. The number of aliphatic hydroxyl groups is 1. The van der Waals surface area contributed by atoms with Gasteiger partial charge in [0.1, 0.15) is 6.10 Å². The molecule has 2 atom stereocenters. The molecule has 2 aromatic rings. The van der Waals surface area contributed by atoms with Gasteiger partial charge in [-0.2, -0.15) is 13.2 Å². The lowest BCUT2D eigenvalue weighted by molar-refractivity contribution is -0.137. The summed E-state index contributed by atoms with van der Waals surface area (Å²) in [5.74, 6) is -0.00533. The zero-order chi connectivity index (χ0) is 27.4. The molecule has 36 heavy (non-hydrogen) atoms. The number of halogens is 3. The summed E-state index contributed by atoms with van der Waals surface area (Å²) in [6.07, 6.45) is -4.25. The molecular formula is C29H42F3NO2Si. The number of nitrogens with zero attached hydrogens (tertiary/aromatic N) is 1. The van der Waals surface area contributed by atoms with Crippen LogP contribution in [0.15, 0.2) is 24.3 Å². The van der Waals surface area contributed by atoms with Crippen molar-refractivity contribution in [1.82, 2.24) is 4.98 Å². The quantitative estimate of drug-likeness (QED) is 0.400. The van der Waals surface area contributed by atoms with Crippen LogP contribution in [0.3, 0.4) is 0 Å². The first kappa shape index (κ1) is 28.9. The van der Waals surface area contributed by atoms with Crippen molar-refractivity contribution in [3.8, 4) is 0 Å². The lowest BCUT2D eigenvalue weighted by Gasteiger charge is -2.45. The Morgan fingerprint density at radius 3 is 2.28 bits per heavy atom. The SMILES string of the molecule is Cc1c([C@H](O)c2cccc(C(F)(F)F)c2)c(C(C)C)nc2c1[C@@H](O[Si](C)(C)C(C)(C)C)CC(C)(C)C2. The van der Waals surface area contributed by atoms with Crippen molar-refractivity contribution >= 4 is 8.32 Å². The molecule has 0 unspecified atom stereocenters. The monoisotopic (exact) mass is 521 g/mol. The van der Waals surface area contributed by atoms with Gasteiger partial charge in [0.05, 0.1) is 11.7 Å². The van der Waals surface area contributed by atoms with Crippen LogP contribution >= 0.6 is 0 Å². The Balaban J connectivity index is 2.22. The fraction of sp³-hybridized carbons (Fsp3) is 0.621. The van der Waals surface area contributed by atoms with Crippen LogP contribution in [0.1, 0.15) is 112 Å². The first-order valence-corrected chi connectivity index (χ1v) is 15.7. The minimum absolute atomic E-state index is 0.00507. The van der Waals surface area contributed by atoms with E-state index in [0.29, 0.717) is 5.56 Å². The Hall–Kier alpha value is -1.70. The van der Waals surface area contributed by atoms with Crippen molar-refractivity contribution in [2.45, 2.75) is 111 Å². The summed E-state index contributed by atoms with van der Waals surface area (Å²) < 4.78 is 47.2. The molecule has 3 rings (SSSR count). The highest BCUT2D eigenvalue weighted by Crippen LogP contribution is 2.49. The minimum atomic E-state index is -4.48. The molecular weight excluding hydrogens is 479 g/mol. The molecule has 1 aliphatic carbocycles. The summed E-state index contributed by atoms with van der Waals surface area (Å²) in [7, 11) is -2.13. The first-order chi connectivity index (χ1) is 16.2. The summed E-state index contributed by atoms with van der Waals surface area (Å²) in [4.78, 5) is 5.08. The smallest absolute Gasteiger partial charge is 0.410 e. The van der Waals surface area contributed by atoms with Crippen LogP contribution in [0.5, 0.6) is 0 Å². The molecule has 1 aromatic heterocycles. The fourth-order valence-corrected chi connectivity index (χ4v) is 6.25. The van der Waals surface area contributed by atoms with Crippen LogP contribution in [0.25, 0.3) is 0 Å². The van der Waals surface area contributed by atoms with Gasteiger partial charge in [0, 0.05) is 22.5 Å². The van der Waals surface area contributed by atoms with Crippen LogP contribution in [-0.4, -0.2) is 18.4 Å². The molecule has 0 bridgehead atoms. The molecule has 0 amide bonds. The maximum absolute atomic E-state index is 13.4. The molecule has 0 saturated carbocycles. The van der Waals surface area contributed by atoms with Crippen molar-refractivity contribution in [2.75, 3.05) is 0 Å². The predicted molar refractivity (Wildman–Crippen MR) is 142 cm³/mol. The van der Waals surface area contributed by atoms with Gasteiger partial charge in [-0.1, -0.05) is 60.6 Å². The second kappa shape index (κ2) is 9.55. The Morgan fingerprint density at radius 1 is 1.14 bits per heavy atom. The number of benzene rings is 1. The summed E-state index contributed by atoms with van der Waals surface area (Å²) in [5, 5.41) is 11.5. The van der Waals surface area contributed by atoms with Gasteiger partial charge < -0.3 is 9.53 Å². The number of aliphatic hydroxyl groups excluding tert-OH is 1. The van der Waals surface area contributed by atoms with Gasteiger partial charge in [0.2, 0.25) is 0 Å². The van der Waals surface area contributed by atoms with Crippen molar-refractivity contribution in [3.05, 3.63) is 63.5 Å². The van der Waals surface area contributed by atoms with Crippen molar-refractivity contribution < 1.29 is 22.7 Å². The number of aromatic nitrogens is 1. The number of rotatable bonds is 5. The molecule has 0 fully saturated rings. The highest BCUT2D eigenvalue weighted by Gasteiger charge is 2.44. The average molecular weight is 522 g/mol. The standard InChI is InChI=1S/C29H42F3NO2Si/c1-17(2)25-24(26(34)19-12-11-13-20(14-19)29(30,31)32)18(3)23-21(33-25)15-28(7,8)16-22(23)35-36(9,10)27(4,5)6/h11-14,17,22,26,34H,15-16H2,1-10H3/t22-,26+/m0/s1. The number of alkyl halides is 3. The highest BCUT2D eigenvalue weighted by atomic mass is 28.4. The van der Waals surface area contributed by atoms with E-state index < -0.39 is 26.2 Å². The molecule has 7 heteroatoms. The van der Waals surface area contributed by atoms with Gasteiger partial charge in [0.15, 0.2) is 8.32 Å². The zero-order valence-electron chi connectivity index (χ0n) is 23.4. The number of pyridine rings is 1. The second-order valence-electron chi connectivity index (χ2n) is 13.0. The Bertz CT molecular complexity index is 1120. The highest BCUT2D eigenvalue weighted by molar-refractivity contribution is 6.74. The Labute approximate surface area is 215 Å². The molecule has 1 heterocycles. The molecule has 0 aliphatic heterocycles. The van der Waals surface area contributed by atoms with Gasteiger partial charge in [-0.25, -0.2) is 0 Å². The Kier molecular flexibility index (Phi) is 7.66. The molecule has 3 nitrogen and oxygen atoms in total. The average Bonchev–Trinajstić information content (AvgIpc) is 2.70. The minimum Gasteiger partial charge on any atom is -0.410 e. The molecule has 1 N–H and O–H groups in total. The van der Waals surface area contributed by atoms with Gasteiger partial charge in [-0.3, -0.25) is 4.98 Å². The number of hydrogen-bond acceptors (Lipinski definition) is 3. The third kappa shape index (κ3) is 5.73. The molecule has 0 radical (unpaired) electrons. The van der Waals surface area contributed by atoms with E-state index in [0.717, 1.165) is 47.5 Å². The largest absolute Gasteiger partial charge is 0.416 e. The van der Waals surface area contributed by atoms with Crippen LogP contribution in [0, 0.1) is 12.3 Å². The van der Waals surface area contributed by atoms with Crippen LogP contribution in [0.4, 0.5) is 13.2 Å². The molecule has 0 spiro atoms. The molecule has 1 aromatic carbocycles. The van der Waals surface area contributed by atoms with E-state index in [1.165, 1.54) is 6.07 Å². The maximum Gasteiger partial charge on any atom is 0.416 e. The van der Waals surface area contributed by atoms with Crippen LogP contribution in [-0.2, 0) is 17.0 Å². The normalized spacial score (nSPS) is 19.4. The molecule has 0 saturated heterocycles. The van der Waals surface area contributed by atoms with E-state index >= 15 is 0 Å². The summed E-state index contributed by atoms with van der Waals surface area (Å²) in [6, 6.07) is 4.97. The van der Waals surface area contributed by atoms with E-state index in [9.17, 15) is 18.3 Å². The van der Waals surface area contributed by atoms with E-state index in [2.05, 4.69) is 47.7 Å². The van der Waals surface area contributed by atoms with E-state index in [1.54, 1.807) is 6.07 Å². The van der Waals surface area contributed by atoms with Crippen LogP contribution in [0.2, 0.25) is 18.1 Å². The first-order valence-electron chi connectivity index (χ1n) is 12.8. The third-order valence-corrected chi connectivity index (χ3v) is 12.4. The van der Waals surface area contributed by atoms with Crippen molar-refractivity contribution in [3.63, 3.8) is 0 Å². The third-order valence-electron chi connectivity index (χ3n) is 7.95. The predicted octanol–water partition coefficient (Wildman–Crippen LogP) is 8.65. The molecule has 1 aliphatic rings. The number of fused-ring (bicyclic) bond motifs is 1. The molecule has 200 valence electrons. The van der Waals surface area contributed by atoms with Gasteiger partial charge in [-0.05, 0) is 72.5 Å².